The molecular weight excluding hydrogens is 358 g/mol. The Morgan fingerprint density at radius 1 is 0.964 bits per heavy atom. The van der Waals surface area contributed by atoms with E-state index in [4.69, 9.17) is 5.11 Å². The van der Waals surface area contributed by atoms with Gasteiger partial charge < -0.3 is 20.6 Å². The van der Waals surface area contributed by atoms with Crippen molar-refractivity contribution >= 4 is 17.9 Å². The first-order valence-corrected chi connectivity index (χ1v) is 10.1. The molecule has 1 saturated heterocycles. The average molecular weight is 387 g/mol. The van der Waals surface area contributed by atoms with Gasteiger partial charge in [0.25, 0.3) is 0 Å². The Morgan fingerprint density at radius 3 is 2.32 bits per heavy atom. The molecule has 0 spiro atoms. The Bertz CT molecular complexity index is 686. The molecule has 1 aliphatic carbocycles. The molecule has 1 heterocycles. The Kier molecular flexibility index (Phi) is 6.90. The van der Waals surface area contributed by atoms with Gasteiger partial charge in [0.15, 0.2) is 0 Å². The molecule has 28 heavy (non-hydrogen) atoms. The molecule has 1 aromatic carbocycles. The number of hydrogen-bond acceptors (Lipinski definition) is 3. The predicted molar refractivity (Wildman–Crippen MR) is 105 cm³/mol. The molecular formula is C21H29N3O4. The number of nitrogens with one attached hydrogen (secondary N) is 2. The number of rotatable bonds is 5. The van der Waals surface area contributed by atoms with Crippen molar-refractivity contribution in [3.8, 4) is 0 Å². The smallest absolute Gasteiger partial charge is 0.315 e. The molecule has 3 amide bonds. The quantitative estimate of drug-likeness (QED) is 0.721. The number of urea groups is 1. The summed E-state index contributed by atoms with van der Waals surface area (Å²) < 4.78 is 0. The largest absolute Gasteiger partial charge is 0.481 e. The van der Waals surface area contributed by atoms with Crippen LogP contribution in [0.5, 0.6) is 0 Å². The maximum Gasteiger partial charge on any atom is 0.315 e. The Morgan fingerprint density at radius 2 is 1.64 bits per heavy atom. The second kappa shape index (κ2) is 9.57. The van der Waals surface area contributed by atoms with Crippen LogP contribution >= 0.6 is 0 Å². The molecule has 1 atom stereocenters. The minimum atomic E-state index is -0.745. The third-order valence-corrected chi connectivity index (χ3v) is 5.72. The van der Waals surface area contributed by atoms with Gasteiger partial charge in [-0.2, -0.15) is 0 Å². The summed E-state index contributed by atoms with van der Waals surface area (Å²) in [5.74, 6) is -0.945. The van der Waals surface area contributed by atoms with Crippen LogP contribution in [0.15, 0.2) is 30.3 Å². The van der Waals surface area contributed by atoms with E-state index < -0.39 is 5.97 Å². The first-order chi connectivity index (χ1) is 13.5. The molecule has 0 bridgehead atoms. The SMILES string of the molecule is O=C(NC1CCC(C(=O)O)CC1)NC1CCCN(C(=O)Cc2ccccc2)C1. The summed E-state index contributed by atoms with van der Waals surface area (Å²) in [6.07, 6.45) is 4.69. The summed E-state index contributed by atoms with van der Waals surface area (Å²) in [6, 6.07) is 9.44. The maximum atomic E-state index is 12.6. The molecule has 3 rings (SSSR count). The van der Waals surface area contributed by atoms with E-state index in [2.05, 4.69) is 10.6 Å². The van der Waals surface area contributed by atoms with E-state index in [0.717, 1.165) is 24.9 Å². The fourth-order valence-electron chi connectivity index (χ4n) is 4.10. The highest BCUT2D eigenvalue weighted by Crippen LogP contribution is 2.24. The van der Waals surface area contributed by atoms with Crippen LogP contribution in [0.25, 0.3) is 0 Å². The van der Waals surface area contributed by atoms with Gasteiger partial charge in [-0.15, -0.1) is 0 Å². The number of carbonyl (C=O) groups excluding carboxylic acids is 2. The number of carboxylic acids is 1. The zero-order valence-electron chi connectivity index (χ0n) is 16.1. The predicted octanol–water partition coefficient (Wildman–Crippen LogP) is 2.16. The highest BCUT2D eigenvalue weighted by molar-refractivity contribution is 5.79. The third kappa shape index (κ3) is 5.71. The van der Waals surface area contributed by atoms with E-state index in [1.165, 1.54) is 0 Å². The van der Waals surface area contributed by atoms with Crippen molar-refractivity contribution in [3.05, 3.63) is 35.9 Å². The lowest BCUT2D eigenvalue weighted by Crippen LogP contribution is -2.53. The van der Waals surface area contributed by atoms with E-state index in [1.54, 1.807) is 0 Å². The van der Waals surface area contributed by atoms with E-state index in [1.807, 2.05) is 35.2 Å². The van der Waals surface area contributed by atoms with Crippen LogP contribution in [0, 0.1) is 5.92 Å². The van der Waals surface area contributed by atoms with Gasteiger partial charge in [0.2, 0.25) is 5.91 Å². The number of likely N-dealkylation sites (tertiary alicyclic amines) is 1. The highest BCUT2D eigenvalue weighted by atomic mass is 16.4. The van der Waals surface area contributed by atoms with Crippen molar-refractivity contribution < 1.29 is 19.5 Å². The minimum absolute atomic E-state index is 0.0232. The Balaban J connectivity index is 1.42. The summed E-state index contributed by atoms with van der Waals surface area (Å²) in [6.45, 7) is 1.26. The number of carbonyl (C=O) groups is 3. The molecule has 152 valence electrons. The molecule has 0 aromatic heterocycles. The number of hydrogen-bond donors (Lipinski definition) is 3. The molecule has 2 aliphatic rings. The van der Waals surface area contributed by atoms with E-state index in [-0.39, 0.29) is 29.9 Å². The monoisotopic (exact) mass is 387 g/mol. The zero-order chi connectivity index (χ0) is 19.9. The molecule has 1 aromatic rings. The molecule has 2 fully saturated rings. The number of carboxylic acid groups (broad SMARTS) is 1. The maximum absolute atomic E-state index is 12.6. The van der Waals surface area contributed by atoms with E-state index in [0.29, 0.717) is 38.6 Å². The summed E-state index contributed by atoms with van der Waals surface area (Å²) in [5, 5.41) is 15.0. The summed E-state index contributed by atoms with van der Waals surface area (Å²) in [4.78, 5) is 37.7. The van der Waals surface area contributed by atoms with Crippen LogP contribution in [0.1, 0.15) is 44.1 Å². The molecule has 1 saturated carbocycles. The topological polar surface area (TPSA) is 98.7 Å². The van der Waals surface area contributed by atoms with Crippen LogP contribution in [0.3, 0.4) is 0 Å². The minimum Gasteiger partial charge on any atom is -0.481 e. The van der Waals surface area contributed by atoms with Crippen molar-refractivity contribution in [1.82, 2.24) is 15.5 Å². The van der Waals surface area contributed by atoms with Crippen molar-refractivity contribution in [1.29, 1.82) is 0 Å². The van der Waals surface area contributed by atoms with Gasteiger partial charge in [-0.25, -0.2) is 4.79 Å². The van der Waals surface area contributed by atoms with Gasteiger partial charge in [0.05, 0.1) is 12.3 Å². The van der Waals surface area contributed by atoms with Crippen LogP contribution in [0.4, 0.5) is 4.79 Å². The second-order valence-corrected chi connectivity index (χ2v) is 7.85. The summed E-state index contributed by atoms with van der Waals surface area (Å²) >= 11 is 0. The van der Waals surface area contributed by atoms with E-state index in [9.17, 15) is 14.4 Å². The Labute approximate surface area is 165 Å². The fraction of sp³-hybridized carbons (Fsp3) is 0.571. The van der Waals surface area contributed by atoms with Crippen LogP contribution in [-0.2, 0) is 16.0 Å². The third-order valence-electron chi connectivity index (χ3n) is 5.72. The van der Waals surface area contributed by atoms with Crippen molar-refractivity contribution in [3.63, 3.8) is 0 Å². The lowest BCUT2D eigenvalue weighted by molar-refractivity contribution is -0.142. The van der Waals surface area contributed by atoms with E-state index >= 15 is 0 Å². The molecule has 0 radical (unpaired) electrons. The van der Waals surface area contributed by atoms with Gasteiger partial charge in [0, 0.05) is 25.2 Å². The number of benzene rings is 1. The first-order valence-electron chi connectivity index (χ1n) is 10.1. The number of nitrogens with zero attached hydrogens (tertiary/aromatic N) is 1. The number of aliphatic carboxylic acids is 1. The lowest BCUT2D eigenvalue weighted by atomic mass is 9.86. The Hall–Kier alpha value is -2.57. The van der Waals surface area contributed by atoms with Crippen molar-refractivity contribution in [2.45, 2.75) is 57.0 Å². The van der Waals surface area contributed by atoms with Crippen LogP contribution < -0.4 is 10.6 Å². The lowest BCUT2D eigenvalue weighted by Gasteiger charge is -2.34. The molecule has 1 unspecified atom stereocenters. The normalized spacial score (nSPS) is 25.0. The fourth-order valence-corrected chi connectivity index (χ4v) is 4.10. The number of piperidine rings is 1. The van der Waals surface area contributed by atoms with Gasteiger partial charge in [-0.1, -0.05) is 30.3 Å². The highest BCUT2D eigenvalue weighted by Gasteiger charge is 2.28. The number of amides is 3. The van der Waals surface area contributed by atoms with Crippen molar-refractivity contribution in [2.24, 2.45) is 5.92 Å². The zero-order valence-corrected chi connectivity index (χ0v) is 16.1. The van der Waals surface area contributed by atoms with Gasteiger partial charge in [-0.05, 0) is 44.1 Å². The first kappa shape index (κ1) is 20.2. The molecule has 3 N–H and O–H groups in total. The standard InChI is InChI=1S/C21H29N3O4/c25-19(13-15-5-2-1-3-6-15)24-12-4-7-18(14-24)23-21(28)22-17-10-8-16(9-11-17)20(26)27/h1-3,5-6,16-18H,4,7-14H2,(H,26,27)(H2,22,23,28). The molecule has 7 nitrogen and oxygen atoms in total. The van der Waals surface area contributed by atoms with Gasteiger partial charge in [-0.3, -0.25) is 9.59 Å². The average Bonchev–Trinajstić information content (AvgIpc) is 2.69. The molecule has 7 heteroatoms. The van der Waals surface area contributed by atoms with Crippen LogP contribution in [0.2, 0.25) is 0 Å². The second-order valence-electron chi connectivity index (χ2n) is 7.85. The van der Waals surface area contributed by atoms with Gasteiger partial charge >= 0.3 is 12.0 Å². The van der Waals surface area contributed by atoms with Crippen molar-refractivity contribution in [2.75, 3.05) is 13.1 Å². The summed E-state index contributed by atoms with van der Waals surface area (Å²) in [7, 11) is 0. The van der Waals surface area contributed by atoms with Gasteiger partial charge in [0.1, 0.15) is 0 Å². The summed E-state index contributed by atoms with van der Waals surface area (Å²) in [5.41, 5.74) is 0.997. The molecule has 1 aliphatic heterocycles. The van der Waals surface area contributed by atoms with Crippen LogP contribution in [-0.4, -0.2) is 53.1 Å².